The first-order valence-corrected chi connectivity index (χ1v) is 18.2. The van der Waals surface area contributed by atoms with E-state index in [1.165, 1.54) is 11.1 Å². The van der Waals surface area contributed by atoms with Crippen molar-refractivity contribution in [3.63, 3.8) is 0 Å². The molecule has 0 amide bonds. The largest absolute Gasteiger partial charge is 0.310 e. The molecule has 0 fully saturated rings. The second kappa shape index (κ2) is 11.3. The maximum Gasteiger partial charge on any atom is 0.263 e. The first kappa shape index (κ1) is 29.7. The summed E-state index contributed by atoms with van der Waals surface area (Å²) in [6, 6.07) is 69.0. The number of fused-ring (bicyclic) bond motifs is 10. The Labute approximate surface area is 307 Å². The lowest BCUT2D eigenvalue weighted by molar-refractivity contribution is 0.709. The van der Waals surface area contributed by atoms with Crippen LogP contribution >= 0.6 is 0 Å². The normalized spacial score (nSPS) is 13.5. The molecule has 0 saturated heterocycles. The van der Waals surface area contributed by atoms with Crippen molar-refractivity contribution >= 4 is 38.7 Å². The average Bonchev–Trinajstić information content (AvgIpc) is 3.24. The van der Waals surface area contributed by atoms with E-state index in [9.17, 15) is 4.79 Å². The van der Waals surface area contributed by atoms with Crippen molar-refractivity contribution in [3.8, 4) is 27.9 Å². The smallest absolute Gasteiger partial charge is 0.263 e. The molecule has 8 aromatic carbocycles. The number of aromatic nitrogens is 1. The Hall–Kier alpha value is -6.97. The van der Waals surface area contributed by atoms with Gasteiger partial charge in [0.05, 0.1) is 28.0 Å². The molecule has 0 bridgehead atoms. The molecule has 9 aromatic rings. The van der Waals surface area contributed by atoms with Gasteiger partial charge in [-0.15, -0.1) is 0 Å². The number of anilines is 3. The van der Waals surface area contributed by atoms with Gasteiger partial charge in [-0.2, -0.15) is 0 Å². The molecule has 2 aliphatic heterocycles. The van der Waals surface area contributed by atoms with Gasteiger partial charge in [-0.25, -0.2) is 0 Å². The minimum absolute atomic E-state index is 0.00587. The third kappa shape index (κ3) is 4.08. The Bertz CT molecular complexity index is 2920. The molecule has 0 aliphatic carbocycles. The van der Waals surface area contributed by atoms with Gasteiger partial charge in [0.1, 0.15) is 0 Å². The molecule has 1 aromatic heterocycles. The van der Waals surface area contributed by atoms with E-state index in [1.54, 1.807) is 0 Å². The summed E-state index contributed by atoms with van der Waals surface area (Å²) in [6.45, 7) is 0. The van der Waals surface area contributed by atoms with Gasteiger partial charge in [0.15, 0.2) is 0 Å². The van der Waals surface area contributed by atoms with Gasteiger partial charge in [-0.05, 0) is 104 Å². The Morgan fingerprint density at radius 3 is 1.55 bits per heavy atom. The monoisotopic (exact) mass is 676 g/mol. The summed E-state index contributed by atoms with van der Waals surface area (Å²) in [5.74, 6) is 0. The summed E-state index contributed by atoms with van der Waals surface area (Å²) in [5, 5.41) is 2.74. The third-order valence-electron chi connectivity index (χ3n) is 11.4. The van der Waals surface area contributed by atoms with Crippen LogP contribution in [0, 0.1) is 0 Å². The van der Waals surface area contributed by atoms with Crippen molar-refractivity contribution in [2.45, 2.75) is 5.41 Å². The first-order chi connectivity index (χ1) is 26.2. The summed E-state index contributed by atoms with van der Waals surface area (Å²) >= 11 is 0. The molecule has 0 atom stereocenters. The highest BCUT2D eigenvalue weighted by Gasteiger charge is 2.51. The van der Waals surface area contributed by atoms with Crippen LogP contribution in [0.5, 0.6) is 0 Å². The molecule has 2 aliphatic rings. The van der Waals surface area contributed by atoms with Crippen LogP contribution < -0.4 is 10.5 Å². The number of benzene rings is 8. The van der Waals surface area contributed by atoms with Crippen LogP contribution in [0.4, 0.5) is 17.1 Å². The number of pyridine rings is 1. The Kier molecular flexibility index (Phi) is 6.32. The average molecular weight is 677 g/mol. The van der Waals surface area contributed by atoms with E-state index in [0.717, 1.165) is 72.4 Å². The third-order valence-corrected chi connectivity index (χ3v) is 11.4. The zero-order chi connectivity index (χ0) is 35.1. The van der Waals surface area contributed by atoms with E-state index in [4.69, 9.17) is 0 Å². The van der Waals surface area contributed by atoms with Gasteiger partial charge in [0.2, 0.25) is 0 Å². The van der Waals surface area contributed by atoms with Gasteiger partial charge in [0, 0.05) is 16.5 Å². The number of rotatable bonds is 3. The minimum atomic E-state index is -0.781. The Morgan fingerprint density at radius 1 is 0.358 bits per heavy atom. The van der Waals surface area contributed by atoms with Crippen molar-refractivity contribution in [1.82, 2.24) is 4.57 Å². The topological polar surface area (TPSA) is 25.2 Å². The highest BCUT2D eigenvalue weighted by molar-refractivity contribution is 6.11. The fraction of sp³-hybridized carbons (Fsp3) is 0.0200. The molecule has 3 heterocycles. The fourth-order valence-electron chi connectivity index (χ4n) is 9.19. The van der Waals surface area contributed by atoms with Gasteiger partial charge in [-0.3, -0.25) is 9.36 Å². The predicted octanol–water partition coefficient (Wildman–Crippen LogP) is 12.0. The quantitative estimate of drug-likeness (QED) is 0.174. The summed E-state index contributed by atoms with van der Waals surface area (Å²) in [4.78, 5) is 17.4. The molecule has 3 nitrogen and oxygen atoms in total. The van der Waals surface area contributed by atoms with Crippen LogP contribution in [0.1, 0.15) is 22.3 Å². The number of nitrogens with zero attached hydrogens (tertiary/aromatic N) is 2. The molecule has 11 rings (SSSR count). The van der Waals surface area contributed by atoms with E-state index >= 15 is 0 Å². The predicted molar refractivity (Wildman–Crippen MR) is 218 cm³/mol. The van der Waals surface area contributed by atoms with E-state index in [-0.39, 0.29) is 5.56 Å². The van der Waals surface area contributed by atoms with Gasteiger partial charge < -0.3 is 4.90 Å². The highest BCUT2D eigenvalue weighted by Crippen LogP contribution is 2.61. The molecule has 3 heteroatoms. The highest BCUT2D eigenvalue weighted by atomic mass is 16.1. The zero-order valence-corrected chi connectivity index (χ0v) is 28.8. The summed E-state index contributed by atoms with van der Waals surface area (Å²) < 4.78 is 2.01. The molecule has 0 radical (unpaired) electrons. The van der Waals surface area contributed by atoms with Crippen molar-refractivity contribution in [3.05, 3.63) is 227 Å². The van der Waals surface area contributed by atoms with E-state index in [1.807, 2.05) is 22.8 Å². The SMILES string of the molecule is O=c1c2ccccc2c2cc(-c3ccccc3)cc3c2n1-c1ccc(-c2ccccc2)cc1C31c2ccccc2N(c2ccccc2)c2ccccc21. The Morgan fingerprint density at radius 2 is 0.887 bits per heavy atom. The van der Waals surface area contributed by atoms with Crippen molar-refractivity contribution < 1.29 is 0 Å². The van der Waals surface area contributed by atoms with E-state index in [2.05, 4.69) is 181 Å². The molecular weight excluding hydrogens is 645 g/mol. The number of hydrogen-bond donors (Lipinski definition) is 0. The van der Waals surface area contributed by atoms with Crippen molar-refractivity contribution in [1.29, 1.82) is 0 Å². The molecule has 0 saturated carbocycles. The molecule has 1 spiro atoms. The van der Waals surface area contributed by atoms with Gasteiger partial charge in [0.25, 0.3) is 5.56 Å². The maximum atomic E-state index is 15.0. The minimum Gasteiger partial charge on any atom is -0.310 e. The second-order valence-electron chi connectivity index (χ2n) is 14.0. The number of para-hydroxylation sites is 3. The molecular formula is C50H32N2O. The van der Waals surface area contributed by atoms with E-state index < -0.39 is 5.41 Å². The van der Waals surface area contributed by atoms with Crippen LogP contribution in [0.15, 0.2) is 199 Å². The van der Waals surface area contributed by atoms with Crippen LogP contribution in [0.3, 0.4) is 0 Å². The van der Waals surface area contributed by atoms with Crippen molar-refractivity contribution in [2.24, 2.45) is 0 Å². The van der Waals surface area contributed by atoms with Crippen LogP contribution in [-0.4, -0.2) is 4.57 Å². The summed E-state index contributed by atoms with van der Waals surface area (Å²) in [7, 11) is 0. The molecule has 0 N–H and O–H groups in total. The standard InChI is InChI=1S/C50H32N2O/c53-49-39-23-11-10-22-38(39)40-30-36(34-18-6-2-7-19-34)32-44-48(40)52(49)47-29-28-35(33-16-4-1-5-17-33)31-43(47)50(44)41-24-12-14-26-45(41)51(37-20-8-3-9-21-37)46-27-15-13-25-42(46)50/h1-32H. The summed E-state index contributed by atoms with van der Waals surface area (Å²) in [5.41, 5.74) is 13.4. The lowest BCUT2D eigenvalue weighted by Crippen LogP contribution is -2.42. The van der Waals surface area contributed by atoms with Gasteiger partial charge >= 0.3 is 0 Å². The first-order valence-electron chi connectivity index (χ1n) is 18.2. The molecule has 248 valence electrons. The van der Waals surface area contributed by atoms with Crippen LogP contribution in [-0.2, 0) is 5.41 Å². The summed E-state index contributed by atoms with van der Waals surface area (Å²) in [6.07, 6.45) is 0. The zero-order valence-electron chi connectivity index (χ0n) is 28.8. The number of hydrogen-bond acceptors (Lipinski definition) is 2. The molecule has 53 heavy (non-hydrogen) atoms. The maximum absolute atomic E-state index is 15.0. The Balaban J connectivity index is 1.39. The molecule has 0 unspecified atom stereocenters. The van der Waals surface area contributed by atoms with Crippen LogP contribution in [0.25, 0.3) is 49.6 Å². The lowest BCUT2D eigenvalue weighted by atomic mass is 9.60. The van der Waals surface area contributed by atoms with E-state index in [0.29, 0.717) is 5.39 Å². The lowest BCUT2D eigenvalue weighted by Gasteiger charge is -2.49. The van der Waals surface area contributed by atoms with Gasteiger partial charge in [-0.1, -0.05) is 140 Å². The van der Waals surface area contributed by atoms with Crippen LogP contribution in [0.2, 0.25) is 0 Å². The van der Waals surface area contributed by atoms with Crippen molar-refractivity contribution in [2.75, 3.05) is 4.90 Å². The fourth-order valence-corrected chi connectivity index (χ4v) is 9.19. The second-order valence-corrected chi connectivity index (χ2v) is 14.0.